The molecule has 0 atom stereocenters. The van der Waals surface area contributed by atoms with Gasteiger partial charge in [-0.05, 0) is 38.3 Å². The van der Waals surface area contributed by atoms with Gasteiger partial charge in [-0.25, -0.2) is 0 Å². The molecule has 0 saturated carbocycles. The molecular formula is C16H18N4O. The van der Waals surface area contributed by atoms with Gasteiger partial charge >= 0.3 is 0 Å². The molecule has 108 valence electrons. The third-order valence-electron chi connectivity index (χ3n) is 3.83. The van der Waals surface area contributed by atoms with E-state index in [0.717, 1.165) is 27.9 Å². The molecule has 0 radical (unpaired) electrons. The van der Waals surface area contributed by atoms with Crippen molar-refractivity contribution in [1.82, 2.24) is 14.8 Å². The number of H-pyrrole nitrogens is 1. The second kappa shape index (κ2) is 5.09. The molecule has 5 heteroatoms. The van der Waals surface area contributed by atoms with Crippen LogP contribution in [0.5, 0.6) is 0 Å². The first-order valence-electron chi connectivity index (χ1n) is 6.92. The number of fused-ring (bicyclic) bond motifs is 1. The molecule has 3 rings (SSSR count). The number of aromatic nitrogens is 3. The van der Waals surface area contributed by atoms with Gasteiger partial charge in [-0.15, -0.1) is 0 Å². The van der Waals surface area contributed by atoms with Gasteiger partial charge in [0.15, 0.2) is 5.82 Å². The van der Waals surface area contributed by atoms with E-state index in [1.807, 2.05) is 43.5 Å². The zero-order valence-electron chi connectivity index (χ0n) is 12.4. The van der Waals surface area contributed by atoms with Gasteiger partial charge in [0.25, 0.3) is 0 Å². The highest BCUT2D eigenvalue weighted by Crippen LogP contribution is 2.19. The van der Waals surface area contributed by atoms with Crippen LogP contribution < -0.4 is 5.32 Å². The van der Waals surface area contributed by atoms with Gasteiger partial charge in [0, 0.05) is 22.5 Å². The summed E-state index contributed by atoms with van der Waals surface area (Å²) in [5.74, 6) is 0.528. The van der Waals surface area contributed by atoms with Crippen molar-refractivity contribution in [1.29, 1.82) is 0 Å². The predicted molar refractivity (Wildman–Crippen MR) is 83.4 cm³/mol. The number of aryl methyl sites for hydroxylation is 2. The zero-order chi connectivity index (χ0) is 15.0. The molecule has 1 amide bonds. The lowest BCUT2D eigenvalue weighted by Gasteiger charge is -2.08. The number of anilines is 1. The average molecular weight is 282 g/mol. The molecule has 0 unspecified atom stereocenters. The number of carbonyl (C=O) groups excluding carboxylic acids is 1. The zero-order valence-corrected chi connectivity index (χ0v) is 12.4. The largest absolute Gasteiger partial charge is 0.335 e. The highest BCUT2D eigenvalue weighted by Gasteiger charge is 2.12. The van der Waals surface area contributed by atoms with Crippen LogP contribution in [0.3, 0.4) is 0 Å². The number of para-hydroxylation sites is 1. The topological polar surface area (TPSA) is 62.7 Å². The second-order valence-electron chi connectivity index (χ2n) is 5.30. The molecule has 2 heterocycles. The minimum Gasteiger partial charge on any atom is -0.335 e. The van der Waals surface area contributed by atoms with Crippen molar-refractivity contribution in [3.8, 4) is 0 Å². The Morgan fingerprint density at radius 2 is 2.05 bits per heavy atom. The number of hydrogen-bond acceptors (Lipinski definition) is 2. The Bertz CT molecular complexity index is 813. The Morgan fingerprint density at radius 1 is 1.29 bits per heavy atom. The van der Waals surface area contributed by atoms with E-state index in [0.29, 0.717) is 5.82 Å². The van der Waals surface area contributed by atoms with E-state index >= 15 is 0 Å². The summed E-state index contributed by atoms with van der Waals surface area (Å²) in [7, 11) is 0. The first kappa shape index (κ1) is 13.4. The SMILES string of the molecule is Cc1[nH]nc(NC(=O)Cn2c(C)cc3ccccc32)c1C. The number of nitrogens with zero attached hydrogens (tertiary/aromatic N) is 2. The maximum Gasteiger partial charge on any atom is 0.245 e. The fourth-order valence-corrected chi connectivity index (χ4v) is 2.48. The summed E-state index contributed by atoms with van der Waals surface area (Å²) in [6.45, 7) is 6.16. The predicted octanol–water partition coefficient (Wildman–Crippen LogP) is 2.93. The molecule has 5 nitrogen and oxygen atoms in total. The van der Waals surface area contributed by atoms with Crippen molar-refractivity contribution in [2.75, 3.05) is 5.32 Å². The van der Waals surface area contributed by atoms with Gasteiger partial charge in [0.05, 0.1) is 0 Å². The summed E-state index contributed by atoms with van der Waals surface area (Å²) in [6.07, 6.45) is 0. The first-order valence-corrected chi connectivity index (χ1v) is 6.92. The number of benzene rings is 1. The highest BCUT2D eigenvalue weighted by molar-refractivity contribution is 5.92. The van der Waals surface area contributed by atoms with Crippen molar-refractivity contribution in [2.45, 2.75) is 27.3 Å². The number of nitrogens with one attached hydrogen (secondary N) is 2. The molecule has 0 fully saturated rings. The Labute approximate surface area is 123 Å². The van der Waals surface area contributed by atoms with Crippen LogP contribution in [0.4, 0.5) is 5.82 Å². The van der Waals surface area contributed by atoms with E-state index in [1.54, 1.807) is 0 Å². The van der Waals surface area contributed by atoms with Gasteiger partial charge in [-0.2, -0.15) is 5.10 Å². The second-order valence-corrected chi connectivity index (χ2v) is 5.30. The summed E-state index contributed by atoms with van der Waals surface area (Å²) in [5, 5.41) is 11.0. The van der Waals surface area contributed by atoms with Crippen molar-refractivity contribution >= 4 is 22.6 Å². The van der Waals surface area contributed by atoms with Crippen LogP contribution in [0, 0.1) is 20.8 Å². The van der Waals surface area contributed by atoms with Crippen molar-refractivity contribution < 1.29 is 4.79 Å². The van der Waals surface area contributed by atoms with Gasteiger partial charge < -0.3 is 9.88 Å². The summed E-state index contributed by atoms with van der Waals surface area (Å²) in [4.78, 5) is 12.3. The van der Waals surface area contributed by atoms with Crippen LogP contribution in [-0.2, 0) is 11.3 Å². The summed E-state index contributed by atoms with van der Waals surface area (Å²) in [5.41, 5.74) is 4.08. The van der Waals surface area contributed by atoms with E-state index < -0.39 is 0 Å². The molecule has 2 N–H and O–H groups in total. The number of rotatable bonds is 3. The molecule has 0 aliphatic heterocycles. The van der Waals surface area contributed by atoms with Gasteiger partial charge in [0.1, 0.15) is 6.54 Å². The van der Waals surface area contributed by atoms with E-state index in [9.17, 15) is 4.79 Å². The fourth-order valence-electron chi connectivity index (χ4n) is 2.48. The number of hydrogen-bond donors (Lipinski definition) is 2. The van der Waals surface area contributed by atoms with Gasteiger partial charge in [-0.3, -0.25) is 9.89 Å². The van der Waals surface area contributed by atoms with Crippen molar-refractivity contribution in [3.05, 3.63) is 47.3 Å². The monoisotopic (exact) mass is 282 g/mol. The minimum atomic E-state index is -0.0750. The van der Waals surface area contributed by atoms with Crippen LogP contribution in [-0.4, -0.2) is 20.7 Å². The van der Waals surface area contributed by atoms with E-state index in [1.165, 1.54) is 0 Å². The Kier molecular flexibility index (Phi) is 3.25. The summed E-state index contributed by atoms with van der Waals surface area (Å²) < 4.78 is 2.01. The Hall–Kier alpha value is -2.56. The van der Waals surface area contributed by atoms with Crippen LogP contribution in [0.2, 0.25) is 0 Å². The number of aromatic amines is 1. The first-order chi connectivity index (χ1) is 10.1. The standard InChI is InChI=1S/C16H18N4O/c1-10-8-13-6-4-5-7-14(13)20(10)9-15(21)17-16-11(2)12(3)18-19-16/h4-8H,9H2,1-3H3,(H2,17,18,19,21). The lowest BCUT2D eigenvalue weighted by molar-refractivity contribution is -0.116. The lowest BCUT2D eigenvalue weighted by atomic mass is 10.2. The minimum absolute atomic E-state index is 0.0750. The van der Waals surface area contributed by atoms with Crippen LogP contribution in [0.15, 0.2) is 30.3 Å². The van der Waals surface area contributed by atoms with E-state index in [-0.39, 0.29) is 12.5 Å². The molecule has 0 aliphatic carbocycles. The van der Waals surface area contributed by atoms with E-state index in [2.05, 4.69) is 27.6 Å². The highest BCUT2D eigenvalue weighted by atomic mass is 16.2. The average Bonchev–Trinajstić information content (AvgIpc) is 2.94. The van der Waals surface area contributed by atoms with Gasteiger partial charge in [-0.1, -0.05) is 18.2 Å². The maximum atomic E-state index is 12.3. The van der Waals surface area contributed by atoms with Crippen molar-refractivity contribution in [2.24, 2.45) is 0 Å². The third kappa shape index (κ3) is 2.42. The lowest BCUT2D eigenvalue weighted by Crippen LogP contribution is -2.20. The fraction of sp³-hybridized carbons (Fsp3) is 0.250. The molecule has 2 aromatic heterocycles. The van der Waals surface area contributed by atoms with Gasteiger partial charge in [0.2, 0.25) is 5.91 Å². The van der Waals surface area contributed by atoms with E-state index in [4.69, 9.17) is 0 Å². The molecule has 0 aliphatic rings. The Morgan fingerprint density at radius 3 is 2.76 bits per heavy atom. The Balaban J connectivity index is 1.83. The molecule has 1 aromatic carbocycles. The normalized spacial score (nSPS) is 11.0. The quantitative estimate of drug-likeness (QED) is 0.776. The number of carbonyl (C=O) groups is 1. The van der Waals surface area contributed by atoms with Crippen molar-refractivity contribution in [3.63, 3.8) is 0 Å². The summed E-state index contributed by atoms with van der Waals surface area (Å²) in [6, 6.07) is 10.2. The van der Waals surface area contributed by atoms with Crippen LogP contribution in [0.1, 0.15) is 17.0 Å². The smallest absolute Gasteiger partial charge is 0.245 e. The van der Waals surface area contributed by atoms with Crippen LogP contribution >= 0.6 is 0 Å². The molecule has 21 heavy (non-hydrogen) atoms. The molecule has 3 aromatic rings. The number of amides is 1. The third-order valence-corrected chi connectivity index (χ3v) is 3.83. The molecule has 0 saturated heterocycles. The molecular weight excluding hydrogens is 264 g/mol. The molecule has 0 bridgehead atoms. The molecule has 0 spiro atoms. The summed E-state index contributed by atoms with van der Waals surface area (Å²) >= 11 is 0. The maximum absolute atomic E-state index is 12.3. The van der Waals surface area contributed by atoms with Crippen LogP contribution in [0.25, 0.3) is 10.9 Å².